The van der Waals surface area contributed by atoms with Gasteiger partial charge in [-0.05, 0) is 71.3 Å². The van der Waals surface area contributed by atoms with Crippen LogP contribution in [0.25, 0.3) is 0 Å². The fourth-order valence-electron chi connectivity index (χ4n) is 4.46. The number of hydrogen-bond donors (Lipinski definition) is 2. The van der Waals surface area contributed by atoms with E-state index in [-0.39, 0.29) is 17.8 Å². The molecule has 1 aromatic carbocycles. The molecular weight excluding hydrogens is 355 g/mol. The van der Waals surface area contributed by atoms with Crippen LogP contribution in [0.4, 0.5) is 4.39 Å². The summed E-state index contributed by atoms with van der Waals surface area (Å²) in [5.74, 6) is -0.137. The third kappa shape index (κ3) is 5.52. The van der Waals surface area contributed by atoms with Crippen LogP contribution in [0.2, 0.25) is 0 Å². The molecule has 2 saturated heterocycles. The number of piperidine rings is 1. The number of carbonyl (C=O) groups excluding carboxylic acids is 1. The SMILES string of the molecule is CC(C)N1C[C@H](NC2CCN(C)CC2)C[C@H]1C(=O)NCCc1ccccc1F. The van der Waals surface area contributed by atoms with Crippen molar-refractivity contribution in [3.63, 3.8) is 0 Å². The summed E-state index contributed by atoms with van der Waals surface area (Å²) in [6, 6.07) is 7.89. The second-order valence-corrected chi connectivity index (χ2v) is 8.62. The van der Waals surface area contributed by atoms with Gasteiger partial charge in [-0.2, -0.15) is 0 Å². The van der Waals surface area contributed by atoms with Crippen LogP contribution in [0, 0.1) is 5.82 Å². The number of amides is 1. The van der Waals surface area contributed by atoms with Crippen LogP contribution in [0.3, 0.4) is 0 Å². The van der Waals surface area contributed by atoms with E-state index in [2.05, 4.69) is 41.3 Å². The predicted molar refractivity (Wildman–Crippen MR) is 111 cm³/mol. The molecule has 2 fully saturated rings. The van der Waals surface area contributed by atoms with Gasteiger partial charge in [0, 0.05) is 31.2 Å². The van der Waals surface area contributed by atoms with E-state index in [1.165, 1.54) is 18.9 Å². The minimum Gasteiger partial charge on any atom is -0.354 e. The molecule has 156 valence electrons. The molecule has 0 unspecified atom stereocenters. The Hall–Kier alpha value is -1.50. The zero-order chi connectivity index (χ0) is 20.1. The van der Waals surface area contributed by atoms with Gasteiger partial charge >= 0.3 is 0 Å². The Bertz CT molecular complexity index is 645. The Kier molecular flexibility index (Phi) is 7.43. The minimum absolute atomic E-state index is 0.0673. The fraction of sp³-hybridized carbons (Fsp3) is 0.682. The molecule has 2 heterocycles. The van der Waals surface area contributed by atoms with E-state index in [0.717, 1.165) is 26.1 Å². The van der Waals surface area contributed by atoms with Crippen LogP contribution in [-0.2, 0) is 11.2 Å². The van der Waals surface area contributed by atoms with Crippen molar-refractivity contribution in [2.75, 3.05) is 33.2 Å². The lowest BCUT2D eigenvalue weighted by atomic mass is 10.0. The second-order valence-electron chi connectivity index (χ2n) is 8.62. The number of carbonyl (C=O) groups is 1. The van der Waals surface area contributed by atoms with Gasteiger partial charge in [0.2, 0.25) is 5.91 Å². The number of likely N-dealkylation sites (tertiary alicyclic amines) is 2. The van der Waals surface area contributed by atoms with Crippen LogP contribution < -0.4 is 10.6 Å². The summed E-state index contributed by atoms with van der Waals surface area (Å²) in [4.78, 5) is 17.5. The first-order chi connectivity index (χ1) is 13.4. The molecule has 0 saturated carbocycles. The zero-order valence-electron chi connectivity index (χ0n) is 17.5. The molecule has 2 aliphatic rings. The monoisotopic (exact) mass is 390 g/mol. The van der Waals surface area contributed by atoms with E-state index in [9.17, 15) is 9.18 Å². The molecule has 5 nitrogen and oxygen atoms in total. The zero-order valence-corrected chi connectivity index (χ0v) is 17.5. The maximum absolute atomic E-state index is 13.7. The maximum Gasteiger partial charge on any atom is 0.237 e. The molecular formula is C22H35FN4O. The normalized spacial score (nSPS) is 24.8. The predicted octanol–water partition coefficient (Wildman–Crippen LogP) is 2.02. The standard InChI is InChI=1S/C22H35FN4O/c1-16(2)27-15-19(25-18-9-12-26(3)13-10-18)14-21(27)22(28)24-11-8-17-6-4-5-7-20(17)23/h4-7,16,18-19,21,25H,8-15H2,1-3H3,(H,24,28)/t19-,21+/m1/s1. The van der Waals surface area contributed by atoms with Gasteiger partial charge in [-0.1, -0.05) is 18.2 Å². The lowest BCUT2D eigenvalue weighted by Crippen LogP contribution is -2.47. The maximum atomic E-state index is 13.7. The average Bonchev–Trinajstić information content (AvgIpc) is 3.09. The first kappa shape index (κ1) is 21.2. The van der Waals surface area contributed by atoms with Crippen molar-refractivity contribution >= 4 is 5.91 Å². The van der Waals surface area contributed by atoms with Gasteiger partial charge in [0.05, 0.1) is 6.04 Å². The van der Waals surface area contributed by atoms with Crippen molar-refractivity contribution in [1.82, 2.24) is 20.4 Å². The third-order valence-electron chi connectivity index (χ3n) is 6.15. The van der Waals surface area contributed by atoms with Gasteiger partial charge in [0.25, 0.3) is 0 Å². The molecule has 2 aliphatic heterocycles. The molecule has 0 aliphatic carbocycles. The molecule has 0 aromatic heterocycles. The number of rotatable bonds is 7. The summed E-state index contributed by atoms with van der Waals surface area (Å²) < 4.78 is 13.7. The number of halogens is 1. The van der Waals surface area contributed by atoms with Gasteiger partial charge in [0.15, 0.2) is 0 Å². The molecule has 0 bridgehead atoms. The van der Waals surface area contributed by atoms with Crippen LogP contribution in [-0.4, -0.2) is 73.1 Å². The lowest BCUT2D eigenvalue weighted by Gasteiger charge is -2.31. The van der Waals surface area contributed by atoms with Crippen molar-refractivity contribution in [3.05, 3.63) is 35.6 Å². The summed E-state index contributed by atoms with van der Waals surface area (Å²) in [7, 11) is 2.17. The van der Waals surface area contributed by atoms with Crippen LogP contribution in [0.1, 0.15) is 38.7 Å². The van der Waals surface area contributed by atoms with Gasteiger partial charge in [-0.25, -0.2) is 4.39 Å². The highest BCUT2D eigenvalue weighted by molar-refractivity contribution is 5.82. The fourth-order valence-corrected chi connectivity index (χ4v) is 4.46. The summed E-state index contributed by atoms with van der Waals surface area (Å²) in [6.07, 6.45) is 3.71. The summed E-state index contributed by atoms with van der Waals surface area (Å²) in [5.41, 5.74) is 0.650. The van der Waals surface area contributed by atoms with Crippen molar-refractivity contribution in [3.8, 4) is 0 Å². The average molecular weight is 391 g/mol. The molecule has 3 rings (SSSR count). The molecule has 0 spiro atoms. The highest BCUT2D eigenvalue weighted by atomic mass is 19.1. The van der Waals surface area contributed by atoms with E-state index in [4.69, 9.17) is 0 Å². The number of nitrogens with one attached hydrogen (secondary N) is 2. The molecule has 1 aromatic rings. The van der Waals surface area contributed by atoms with Gasteiger partial charge in [-0.3, -0.25) is 9.69 Å². The van der Waals surface area contributed by atoms with E-state index in [0.29, 0.717) is 36.7 Å². The number of nitrogens with zero attached hydrogens (tertiary/aromatic N) is 2. The third-order valence-corrected chi connectivity index (χ3v) is 6.15. The molecule has 2 N–H and O–H groups in total. The van der Waals surface area contributed by atoms with Crippen LogP contribution in [0.15, 0.2) is 24.3 Å². The van der Waals surface area contributed by atoms with Crippen molar-refractivity contribution in [2.24, 2.45) is 0 Å². The van der Waals surface area contributed by atoms with Crippen LogP contribution in [0.5, 0.6) is 0 Å². The Morgan fingerprint density at radius 3 is 2.61 bits per heavy atom. The Morgan fingerprint density at radius 2 is 1.93 bits per heavy atom. The molecule has 2 atom stereocenters. The number of hydrogen-bond acceptors (Lipinski definition) is 4. The Labute approximate surface area is 168 Å². The van der Waals surface area contributed by atoms with E-state index in [1.54, 1.807) is 12.1 Å². The van der Waals surface area contributed by atoms with Gasteiger partial charge in [0.1, 0.15) is 5.82 Å². The van der Waals surface area contributed by atoms with Gasteiger partial charge in [-0.15, -0.1) is 0 Å². The van der Waals surface area contributed by atoms with Crippen molar-refractivity contribution < 1.29 is 9.18 Å². The van der Waals surface area contributed by atoms with Crippen LogP contribution >= 0.6 is 0 Å². The van der Waals surface area contributed by atoms with E-state index >= 15 is 0 Å². The summed E-state index contributed by atoms with van der Waals surface area (Å²) >= 11 is 0. The minimum atomic E-state index is -0.205. The first-order valence-electron chi connectivity index (χ1n) is 10.7. The molecule has 28 heavy (non-hydrogen) atoms. The molecule has 6 heteroatoms. The quantitative estimate of drug-likeness (QED) is 0.748. The highest BCUT2D eigenvalue weighted by Crippen LogP contribution is 2.22. The van der Waals surface area contributed by atoms with Crippen molar-refractivity contribution in [2.45, 2.75) is 63.7 Å². The largest absolute Gasteiger partial charge is 0.354 e. The van der Waals surface area contributed by atoms with E-state index in [1.807, 2.05) is 6.07 Å². The smallest absolute Gasteiger partial charge is 0.237 e. The first-order valence-corrected chi connectivity index (χ1v) is 10.7. The number of benzene rings is 1. The van der Waals surface area contributed by atoms with E-state index < -0.39 is 0 Å². The van der Waals surface area contributed by atoms with Gasteiger partial charge < -0.3 is 15.5 Å². The lowest BCUT2D eigenvalue weighted by molar-refractivity contribution is -0.126. The Morgan fingerprint density at radius 1 is 1.21 bits per heavy atom. The highest BCUT2D eigenvalue weighted by Gasteiger charge is 2.38. The Balaban J connectivity index is 1.50. The summed E-state index contributed by atoms with van der Waals surface area (Å²) in [5, 5.41) is 6.83. The molecule has 0 radical (unpaired) electrons. The molecule has 1 amide bonds. The second kappa shape index (κ2) is 9.81. The summed E-state index contributed by atoms with van der Waals surface area (Å²) in [6.45, 7) is 7.95. The topological polar surface area (TPSA) is 47.6 Å². The van der Waals surface area contributed by atoms with Crippen molar-refractivity contribution in [1.29, 1.82) is 0 Å².